The monoisotopic (exact) mass is 478 g/mol. The second kappa shape index (κ2) is 9.30. The molecular formula is C26H30N2O5Si. The van der Waals surface area contributed by atoms with Gasteiger partial charge in [-0.1, -0.05) is 81.4 Å². The van der Waals surface area contributed by atoms with Gasteiger partial charge in [-0.2, -0.15) is 0 Å². The molecule has 178 valence electrons. The molecule has 0 fully saturated rings. The van der Waals surface area contributed by atoms with Crippen LogP contribution in [0.1, 0.15) is 26.3 Å². The van der Waals surface area contributed by atoms with Gasteiger partial charge in [0.1, 0.15) is 6.10 Å². The molecule has 0 amide bonds. The Kier molecular flexibility index (Phi) is 6.59. The van der Waals surface area contributed by atoms with E-state index >= 15 is 0 Å². The molecule has 3 aromatic rings. The van der Waals surface area contributed by atoms with Crippen LogP contribution in [0.3, 0.4) is 0 Å². The van der Waals surface area contributed by atoms with Crippen LogP contribution in [0.15, 0.2) is 88.6 Å². The number of ether oxygens (including phenoxy) is 1. The van der Waals surface area contributed by atoms with Gasteiger partial charge in [0.2, 0.25) is 9.04 Å². The standard InChI is InChI=1S/C26H30N2O5Si/c1-18-17-28(24(31)27-23(18)30)26(16-15-21(32-26)22(29)25(2,3)4)33-34(19-11-7-5-8-12-19)20-13-9-6-10-14-20/h5-17,21-22,29,34H,1-4H3,(H,27,30,31)/t21-,22?,26-/m0/s1. The Morgan fingerprint density at radius 3 is 2.15 bits per heavy atom. The van der Waals surface area contributed by atoms with Crippen LogP contribution in [-0.4, -0.2) is 35.9 Å². The molecule has 0 bridgehead atoms. The number of rotatable bonds is 6. The Morgan fingerprint density at radius 2 is 1.62 bits per heavy atom. The Bertz CT molecular complexity index is 1240. The van der Waals surface area contributed by atoms with E-state index in [1.807, 2.05) is 81.4 Å². The highest BCUT2D eigenvalue weighted by atomic mass is 28.3. The van der Waals surface area contributed by atoms with Crippen LogP contribution in [0, 0.1) is 12.3 Å². The van der Waals surface area contributed by atoms with Gasteiger partial charge in [0.05, 0.1) is 6.10 Å². The van der Waals surface area contributed by atoms with Crippen LogP contribution in [0.25, 0.3) is 0 Å². The van der Waals surface area contributed by atoms with Gasteiger partial charge in [0.25, 0.3) is 11.5 Å². The number of nitrogens with one attached hydrogen (secondary N) is 1. The fourth-order valence-corrected chi connectivity index (χ4v) is 6.35. The normalized spacial score (nSPS) is 21.2. The lowest BCUT2D eigenvalue weighted by molar-refractivity contribution is -0.236. The van der Waals surface area contributed by atoms with Crippen molar-refractivity contribution in [3.05, 3.63) is 105 Å². The summed E-state index contributed by atoms with van der Waals surface area (Å²) in [5, 5.41) is 12.9. The second-order valence-electron chi connectivity index (χ2n) is 9.64. The number of hydrogen-bond acceptors (Lipinski definition) is 5. The fourth-order valence-electron chi connectivity index (χ4n) is 3.96. The topological polar surface area (TPSA) is 93.6 Å². The molecule has 7 nitrogen and oxygen atoms in total. The van der Waals surface area contributed by atoms with Crippen LogP contribution in [0.4, 0.5) is 0 Å². The van der Waals surface area contributed by atoms with Gasteiger partial charge in [0, 0.05) is 11.8 Å². The highest BCUT2D eigenvalue weighted by Gasteiger charge is 2.46. The van der Waals surface area contributed by atoms with E-state index in [9.17, 15) is 14.7 Å². The van der Waals surface area contributed by atoms with E-state index in [0.29, 0.717) is 5.56 Å². The Labute approximate surface area is 200 Å². The molecule has 1 unspecified atom stereocenters. The number of benzene rings is 2. The molecule has 2 N–H and O–H groups in total. The summed E-state index contributed by atoms with van der Waals surface area (Å²) < 4.78 is 14.4. The SMILES string of the molecule is Cc1cn([C@@]2(O[SiH](c3ccccc3)c3ccccc3)C=C[C@@H](C(O)C(C)(C)C)O2)c(=O)[nH]c1=O. The zero-order valence-electron chi connectivity index (χ0n) is 19.8. The summed E-state index contributed by atoms with van der Waals surface area (Å²) in [6, 6.07) is 19.7. The maximum Gasteiger partial charge on any atom is 0.332 e. The van der Waals surface area contributed by atoms with Crippen molar-refractivity contribution < 1.29 is 14.3 Å². The lowest BCUT2D eigenvalue weighted by Crippen LogP contribution is -2.56. The molecule has 2 heterocycles. The van der Waals surface area contributed by atoms with Gasteiger partial charge >= 0.3 is 5.69 Å². The molecule has 34 heavy (non-hydrogen) atoms. The van der Waals surface area contributed by atoms with Crippen LogP contribution >= 0.6 is 0 Å². The first kappa shape index (κ1) is 24.1. The molecule has 1 aromatic heterocycles. The predicted octanol–water partition coefficient (Wildman–Crippen LogP) is 1.37. The second-order valence-corrected chi connectivity index (χ2v) is 12.0. The summed E-state index contributed by atoms with van der Waals surface area (Å²) in [6.45, 7) is 7.36. The van der Waals surface area contributed by atoms with E-state index in [2.05, 4.69) is 4.98 Å². The molecule has 0 radical (unpaired) electrons. The third-order valence-electron chi connectivity index (χ3n) is 5.95. The summed E-state index contributed by atoms with van der Waals surface area (Å²) >= 11 is 0. The maximum atomic E-state index is 13.0. The molecular weight excluding hydrogens is 448 g/mol. The first-order valence-corrected chi connectivity index (χ1v) is 12.9. The highest BCUT2D eigenvalue weighted by molar-refractivity contribution is 6.80. The minimum atomic E-state index is -2.40. The molecule has 0 aliphatic carbocycles. The van der Waals surface area contributed by atoms with Crippen molar-refractivity contribution >= 4 is 19.4 Å². The van der Waals surface area contributed by atoms with Crippen molar-refractivity contribution in [2.24, 2.45) is 5.41 Å². The van der Waals surface area contributed by atoms with E-state index in [1.165, 1.54) is 10.8 Å². The van der Waals surface area contributed by atoms with Crippen molar-refractivity contribution in [3.8, 4) is 0 Å². The summed E-state index contributed by atoms with van der Waals surface area (Å²) in [5.41, 5.74) is -1.24. The minimum absolute atomic E-state index is 0.344. The van der Waals surface area contributed by atoms with Crippen molar-refractivity contribution in [1.82, 2.24) is 9.55 Å². The first-order valence-electron chi connectivity index (χ1n) is 11.3. The summed E-state index contributed by atoms with van der Waals surface area (Å²) in [7, 11) is -2.40. The molecule has 0 spiro atoms. The largest absolute Gasteiger partial charge is 0.390 e. The number of aromatic amines is 1. The molecule has 4 rings (SSSR count). The van der Waals surface area contributed by atoms with Gasteiger partial charge in [-0.05, 0) is 34.9 Å². The van der Waals surface area contributed by atoms with Crippen LogP contribution in [0.2, 0.25) is 0 Å². The van der Waals surface area contributed by atoms with Crippen molar-refractivity contribution in [2.75, 3.05) is 0 Å². The molecule has 1 aliphatic rings. The lowest BCUT2D eigenvalue weighted by Gasteiger charge is -2.37. The number of aliphatic hydroxyl groups is 1. The average Bonchev–Trinajstić information content (AvgIpc) is 3.25. The Hall–Kier alpha value is -3.04. The number of nitrogens with zero attached hydrogens (tertiary/aromatic N) is 1. The zero-order chi connectivity index (χ0) is 24.5. The molecule has 0 saturated carbocycles. The maximum absolute atomic E-state index is 13.0. The van der Waals surface area contributed by atoms with Gasteiger partial charge < -0.3 is 14.3 Å². The molecule has 2 aromatic carbocycles. The van der Waals surface area contributed by atoms with Gasteiger partial charge in [0.15, 0.2) is 0 Å². The third kappa shape index (κ3) is 4.76. The Morgan fingerprint density at radius 1 is 1.06 bits per heavy atom. The summed E-state index contributed by atoms with van der Waals surface area (Å²) in [5.74, 6) is -1.63. The van der Waals surface area contributed by atoms with Crippen molar-refractivity contribution in [2.45, 2.75) is 45.8 Å². The van der Waals surface area contributed by atoms with Crippen LogP contribution in [0.5, 0.6) is 0 Å². The third-order valence-corrected chi connectivity index (χ3v) is 8.50. The van der Waals surface area contributed by atoms with E-state index in [4.69, 9.17) is 9.16 Å². The smallest absolute Gasteiger partial charge is 0.332 e. The Balaban J connectivity index is 1.85. The summed E-state index contributed by atoms with van der Waals surface area (Å²) in [4.78, 5) is 27.4. The van der Waals surface area contributed by atoms with Crippen LogP contribution in [-0.2, 0) is 15.1 Å². The number of H-pyrrole nitrogens is 1. The fraction of sp³-hybridized carbons (Fsp3) is 0.308. The van der Waals surface area contributed by atoms with E-state index in [-0.39, 0.29) is 0 Å². The summed E-state index contributed by atoms with van der Waals surface area (Å²) in [6.07, 6.45) is 3.28. The zero-order valence-corrected chi connectivity index (χ0v) is 20.9. The molecule has 3 atom stereocenters. The predicted molar refractivity (Wildman–Crippen MR) is 134 cm³/mol. The molecule has 0 saturated heterocycles. The van der Waals surface area contributed by atoms with Gasteiger partial charge in [-0.15, -0.1) is 0 Å². The van der Waals surface area contributed by atoms with Gasteiger partial charge in [-0.25, -0.2) is 9.36 Å². The van der Waals surface area contributed by atoms with Crippen molar-refractivity contribution in [3.63, 3.8) is 0 Å². The van der Waals surface area contributed by atoms with E-state index < -0.39 is 43.8 Å². The first-order chi connectivity index (χ1) is 16.1. The molecule has 1 aliphatic heterocycles. The van der Waals surface area contributed by atoms with Gasteiger partial charge in [-0.3, -0.25) is 9.78 Å². The number of aliphatic hydroxyl groups excluding tert-OH is 1. The number of aryl methyl sites for hydroxylation is 1. The minimum Gasteiger partial charge on any atom is -0.390 e. The number of aromatic nitrogens is 2. The molecule has 8 heteroatoms. The van der Waals surface area contributed by atoms with Crippen molar-refractivity contribution in [1.29, 1.82) is 0 Å². The quantitative estimate of drug-likeness (QED) is 0.412. The van der Waals surface area contributed by atoms with E-state index in [1.54, 1.807) is 19.1 Å². The highest BCUT2D eigenvalue weighted by Crippen LogP contribution is 2.35. The average molecular weight is 479 g/mol. The number of hydrogen-bond donors (Lipinski definition) is 2. The lowest BCUT2D eigenvalue weighted by atomic mass is 9.86. The van der Waals surface area contributed by atoms with E-state index in [0.717, 1.165) is 10.4 Å². The van der Waals surface area contributed by atoms with Crippen LogP contribution < -0.4 is 21.6 Å².